The van der Waals surface area contributed by atoms with E-state index < -0.39 is 17.6 Å². The fourth-order valence-electron chi connectivity index (χ4n) is 0.312. The molecule has 0 fully saturated rings. The highest BCUT2D eigenvalue weighted by Crippen LogP contribution is 1.98. The molecule has 0 atom stereocenters. The molecule has 6 heteroatoms. The number of hydrazine groups is 1. The van der Waals surface area contributed by atoms with Crippen LogP contribution in [0.4, 0.5) is 4.79 Å². The van der Waals surface area contributed by atoms with Crippen LogP contribution in [-0.2, 0) is 9.53 Å². The monoisotopic (exact) mass is 176 g/mol. The van der Waals surface area contributed by atoms with Crippen LogP contribution >= 0.6 is 0 Å². The van der Waals surface area contributed by atoms with Gasteiger partial charge in [-0.15, -0.1) is 0 Å². The second-order valence-corrected chi connectivity index (χ2v) is 2.63. The summed E-state index contributed by atoms with van der Waals surface area (Å²) in [5.41, 5.74) is 2.35. The van der Waals surface area contributed by atoms with Gasteiger partial charge in [0.15, 0.2) is 0 Å². The van der Waals surface area contributed by atoms with Gasteiger partial charge in [0, 0.05) is 0 Å². The van der Waals surface area contributed by atoms with Crippen molar-refractivity contribution in [3.63, 3.8) is 0 Å². The third-order valence-electron chi connectivity index (χ3n) is 1.02. The molecule has 0 aliphatic heterocycles. The third kappa shape index (κ3) is 3.77. The molecule has 0 bridgehead atoms. The van der Waals surface area contributed by atoms with E-state index in [1.165, 1.54) is 13.8 Å². The number of carbonyl (C=O) groups is 2. The summed E-state index contributed by atoms with van der Waals surface area (Å²) in [6, 6.07) is 0. The molecule has 0 rings (SSSR count). The summed E-state index contributed by atoms with van der Waals surface area (Å²) in [6.07, 6.45) is -0.799. The number of hydrogen-bond acceptors (Lipinski definition) is 4. The normalized spacial score (nSPS) is 10.3. The third-order valence-corrected chi connectivity index (χ3v) is 1.02. The van der Waals surface area contributed by atoms with Gasteiger partial charge in [0.1, 0.15) is 5.60 Å². The summed E-state index contributed by atoms with van der Waals surface area (Å²) in [5.74, 6) is -0.715. The van der Waals surface area contributed by atoms with Gasteiger partial charge in [0.2, 0.25) is 0 Å². The van der Waals surface area contributed by atoms with E-state index in [0.29, 0.717) is 0 Å². The van der Waals surface area contributed by atoms with Gasteiger partial charge in [-0.05, 0) is 13.8 Å². The molecule has 0 radical (unpaired) electrons. The van der Waals surface area contributed by atoms with E-state index in [2.05, 4.69) is 4.74 Å². The lowest BCUT2D eigenvalue weighted by molar-refractivity contribution is -0.137. The zero-order valence-electron chi connectivity index (χ0n) is 7.17. The maximum absolute atomic E-state index is 10.9. The summed E-state index contributed by atoms with van der Waals surface area (Å²) in [7, 11) is 1.16. The minimum absolute atomic E-state index is 0.715. The average molecular weight is 176 g/mol. The van der Waals surface area contributed by atoms with Crippen LogP contribution in [-0.4, -0.2) is 29.8 Å². The summed E-state index contributed by atoms with van der Waals surface area (Å²) >= 11 is 0. The Morgan fingerprint density at radius 3 is 2.17 bits per heavy atom. The molecule has 0 aromatic rings. The lowest BCUT2D eigenvalue weighted by atomic mass is 10.1. The molecular weight excluding hydrogens is 164 g/mol. The van der Waals surface area contributed by atoms with Crippen LogP contribution in [0.25, 0.3) is 0 Å². The van der Waals surface area contributed by atoms with Gasteiger partial charge in [-0.2, -0.15) is 0 Å². The minimum Gasteiger partial charge on any atom is -0.452 e. The summed E-state index contributed by atoms with van der Waals surface area (Å²) in [4.78, 5) is 21.3. The topological polar surface area (TPSA) is 87.7 Å². The van der Waals surface area contributed by atoms with Gasteiger partial charge in [-0.3, -0.25) is 10.2 Å². The van der Waals surface area contributed by atoms with Crippen LogP contribution in [0.15, 0.2) is 0 Å². The van der Waals surface area contributed by atoms with Crippen molar-refractivity contribution in [3.05, 3.63) is 0 Å². The lowest BCUT2D eigenvalue weighted by Gasteiger charge is -2.16. The first-order valence-corrected chi connectivity index (χ1v) is 3.24. The van der Waals surface area contributed by atoms with Crippen molar-refractivity contribution in [3.8, 4) is 0 Å². The van der Waals surface area contributed by atoms with Crippen molar-refractivity contribution >= 4 is 12.0 Å². The van der Waals surface area contributed by atoms with E-state index in [9.17, 15) is 9.59 Å². The molecular formula is C6H12N2O4. The van der Waals surface area contributed by atoms with Gasteiger partial charge >= 0.3 is 6.09 Å². The predicted molar refractivity (Wildman–Crippen MR) is 40.0 cm³/mol. The van der Waals surface area contributed by atoms with E-state index in [0.717, 1.165) is 7.11 Å². The van der Waals surface area contributed by atoms with Gasteiger partial charge in [0.05, 0.1) is 7.11 Å². The highest BCUT2D eigenvalue weighted by Gasteiger charge is 2.23. The molecule has 12 heavy (non-hydrogen) atoms. The zero-order valence-corrected chi connectivity index (χ0v) is 7.17. The van der Waals surface area contributed by atoms with Gasteiger partial charge < -0.3 is 9.84 Å². The fraction of sp³-hybridized carbons (Fsp3) is 0.667. The Morgan fingerprint density at radius 1 is 1.33 bits per heavy atom. The first-order chi connectivity index (χ1) is 5.38. The van der Waals surface area contributed by atoms with Gasteiger partial charge in [-0.25, -0.2) is 10.2 Å². The molecule has 0 aromatic carbocycles. The maximum Gasteiger partial charge on any atom is 0.425 e. The van der Waals surface area contributed by atoms with Crippen molar-refractivity contribution < 1.29 is 19.4 Å². The number of ether oxygens (including phenoxy) is 1. The van der Waals surface area contributed by atoms with Crippen molar-refractivity contribution in [1.82, 2.24) is 10.9 Å². The summed E-state index contributed by atoms with van der Waals surface area (Å²) in [5, 5.41) is 9.07. The quantitative estimate of drug-likeness (QED) is 0.454. The number of amides is 2. The van der Waals surface area contributed by atoms with Crippen LogP contribution in [0.3, 0.4) is 0 Å². The molecule has 0 aliphatic rings. The number of aliphatic hydroxyl groups is 1. The number of rotatable bonds is 1. The Kier molecular flexibility index (Phi) is 3.49. The molecule has 3 N–H and O–H groups in total. The summed E-state index contributed by atoms with van der Waals surface area (Å²) < 4.78 is 4.17. The minimum atomic E-state index is -1.53. The van der Waals surface area contributed by atoms with E-state index in [1.54, 1.807) is 0 Å². The van der Waals surface area contributed by atoms with Crippen molar-refractivity contribution in [1.29, 1.82) is 0 Å². The molecule has 6 nitrogen and oxygen atoms in total. The molecule has 0 aliphatic carbocycles. The van der Waals surface area contributed by atoms with E-state index in [4.69, 9.17) is 5.11 Å². The van der Waals surface area contributed by atoms with Crippen LogP contribution in [0.1, 0.15) is 13.8 Å². The first-order valence-electron chi connectivity index (χ1n) is 3.24. The van der Waals surface area contributed by atoms with Crippen molar-refractivity contribution in [2.24, 2.45) is 0 Å². The molecule has 0 unspecified atom stereocenters. The summed E-state index contributed by atoms with van der Waals surface area (Å²) in [6.45, 7) is 2.59. The molecule has 0 saturated carbocycles. The first kappa shape index (κ1) is 10.7. The molecule has 0 spiro atoms. The molecule has 2 amide bonds. The largest absolute Gasteiger partial charge is 0.452 e. The Hall–Kier alpha value is -1.30. The highest BCUT2D eigenvalue weighted by molar-refractivity contribution is 5.85. The molecule has 0 saturated heterocycles. The molecule has 0 heterocycles. The lowest BCUT2D eigenvalue weighted by Crippen LogP contribution is -2.50. The van der Waals surface area contributed by atoms with Crippen LogP contribution in [0, 0.1) is 0 Å². The smallest absolute Gasteiger partial charge is 0.425 e. The van der Waals surface area contributed by atoms with Gasteiger partial charge in [0.25, 0.3) is 5.91 Å². The van der Waals surface area contributed by atoms with E-state index in [1.807, 2.05) is 10.9 Å². The maximum atomic E-state index is 10.9. The van der Waals surface area contributed by atoms with E-state index >= 15 is 0 Å². The molecule has 0 aromatic heterocycles. The Labute approximate surface area is 69.9 Å². The number of nitrogens with one attached hydrogen (secondary N) is 2. The second kappa shape index (κ2) is 3.91. The molecule has 70 valence electrons. The van der Waals surface area contributed by atoms with Crippen LogP contribution in [0.2, 0.25) is 0 Å². The number of methoxy groups -OCH3 is 1. The highest BCUT2D eigenvalue weighted by atomic mass is 16.5. The fourth-order valence-corrected chi connectivity index (χ4v) is 0.312. The van der Waals surface area contributed by atoms with Crippen LogP contribution in [0.5, 0.6) is 0 Å². The van der Waals surface area contributed by atoms with Crippen LogP contribution < -0.4 is 10.9 Å². The zero-order chi connectivity index (χ0) is 9.78. The van der Waals surface area contributed by atoms with Crippen molar-refractivity contribution in [2.45, 2.75) is 19.4 Å². The standard InChI is InChI=1S/C6H12N2O4/c1-6(2,11)4(9)7-8-5(10)12-3/h11H,1-3H3,(H,7,9)(H,8,10). The second-order valence-electron chi connectivity index (χ2n) is 2.63. The average Bonchev–Trinajstić information content (AvgIpc) is 1.97. The Morgan fingerprint density at radius 2 is 1.83 bits per heavy atom. The Balaban J connectivity index is 3.81. The number of carbonyl (C=O) groups excluding carboxylic acids is 2. The Bertz CT molecular complexity index is 184. The number of hydrogen-bond donors (Lipinski definition) is 3. The SMILES string of the molecule is COC(=O)NNC(=O)C(C)(C)O. The predicted octanol–water partition coefficient (Wildman–Crippen LogP) is -0.856. The van der Waals surface area contributed by atoms with Gasteiger partial charge in [-0.1, -0.05) is 0 Å². The van der Waals surface area contributed by atoms with E-state index in [-0.39, 0.29) is 0 Å². The van der Waals surface area contributed by atoms with Crippen molar-refractivity contribution in [2.75, 3.05) is 7.11 Å².